The van der Waals surface area contributed by atoms with Crippen molar-refractivity contribution in [3.8, 4) is 11.5 Å². The Kier molecular flexibility index (Phi) is 12.4. The first-order valence-electron chi connectivity index (χ1n) is 8.10. The van der Waals surface area contributed by atoms with Crippen molar-refractivity contribution in [3.63, 3.8) is 0 Å². The van der Waals surface area contributed by atoms with Gasteiger partial charge in [0.2, 0.25) is 0 Å². The van der Waals surface area contributed by atoms with Gasteiger partial charge in [0.1, 0.15) is 5.75 Å². The fraction of sp³-hybridized carbons (Fsp3) is 0.500. The molecular weight excluding hydrogens is 294 g/mol. The molecule has 130 valence electrons. The van der Waals surface area contributed by atoms with Crippen LogP contribution in [0.25, 0.3) is 6.08 Å². The molecule has 0 aromatic heterocycles. The fourth-order valence-electron chi connectivity index (χ4n) is 1.91. The molecule has 5 heteroatoms. The van der Waals surface area contributed by atoms with Crippen LogP contribution in [0.4, 0.5) is 0 Å². The summed E-state index contributed by atoms with van der Waals surface area (Å²) in [4.78, 5) is 10.2. The lowest BCUT2D eigenvalue weighted by Gasteiger charge is -2.11. The number of ether oxygens (including phenoxy) is 1. The van der Waals surface area contributed by atoms with E-state index in [1.54, 1.807) is 0 Å². The minimum atomic E-state index is -1.03. The molecule has 0 aliphatic carbocycles. The molecule has 0 aliphatic rings. The van der Waals surface area contributed by atoms with Gasteiger partial charge in [-0.1, -0.05) is 50.5 Å². The Bertz CT molecular complexity index is 466. The van der Waals surface area contributed by atoms with Crippen LogP contribution in [0.3, 0.4) is 0 Å². The van der Waals surface area contributed by atoms with Crippen LogP contribution in [0.15, 0.2) is 24.3 Å². The summed E-state index contributed by atoms with van der Waals surface area (Å²) in [6, 6.07) is 4.35. The summed E-state index contributed by atoms with van der Waals surface area (Å²) in [6.07, 6.45) is 10.7. The smallest absolute Gasteiger partial charge is 0.328 e. The molecule has 1 aromatic rings. The SMILES string of the molecule is CCCCCCCC[NH3+].COc1cc(/C=C/C(=O)O)ccc1[O-]. The van der Waals surface area contributed by atoms with Crippen molar-refractivity contribution < 1.29 is 25.5 Å². The Balaban J connectivity index is 0.000000468. The van der Waals surface area contributed by atoms with Crippen LogP contribution in [-0.4, -0.2) is 24.7 Å². The molecule has 0 saturated carbocycles. The van der Waals surface area contributed by atoms with Crippen molar-refractivity contribution in [2.24, 2.45) is 0 Å². The van der Waals surface area contributed by atoms with Crippen LogP contribution in [0.1, 0.15) is 51.0 Å². The molecule has 0 amide bonds. The largest absolute Gasteiger partial charge is 0.870 e. The van der Waals surface area contributed by atoms with E-state index < -0.39 is 5.97 Å². The van der Waals surface area contributed by atoms with E-state index in [-0.39, 0.29) is 11.5 Å². The number of aliphatic carboxylic acids is 1. The van der Waals surface area contributed by atoms with Crippen LogP contribution in [0.5, 0.6) is 11.5 Å². The molecule has 0 atom stereocenters. The maximum Gasteiger partial charge on any atom is 0.328 e. The van der Waals surface area contributed by atoms with Gasteiger partial charge in [-0.3, -0.25) is 0 Å². The third-order valence-electron chi connectivity index (χ3n) is 3.21. The molecule has 1 rings (SSSR count). The minimum absolute atomic E-state index is 0.206. The highest BCUT2D eigenvalue weighted by Gasteiger charge is 1.95. The summed E-state index contributed by atoms with van der Waals surface area (Å²) in [7, 11) is 1.39. The highest BCUT2D eigenvalue weighted by atomic mass is 16.5. The Labute approximate surface area is 138 Å². The van der Waals surface area contributed by atoms with Gasteiger partial charge in [0, 0.05) is 6.08 Å². The lowest BCUT2D eigenvalue weighted by molar-refractivity contribution is -0.368. The maximum absolute atomic E-state index is 11.1. The normalized spacial score (nSPS) is 10.2. The second-order valence-corrected chi connectivity index (χ2v) is 5.20. The number of quaternary nitrogens is 1. The molecule has 5 nitrogen and oxygen atoms in total. The van der Waals surface area contributed by atoms with Crippen molar-refractivity contribution in [3.05, 3.63) is 29.8 Å². The van der Waals surface area contributed by atoms with Crippen molar-refractivity contribution in [2.75, 3.05) is 13.7 Å². The van der Waals surface area contributed by atoms with Gasteiger partial charge in [-0.15, -0.1) is 0 Å². The van der Waals surface area contributed by atoms with Crippen LogP contribution >= 0.6 is 0 Å². The van der Waals surface area contributed by atoms with Gasteiger partial charge in [-0.2, -0.15) is 0 Å². The predicted octanol–water partition coefficient (Wildman–Crippen LogP) is 2.46. The molecule has 0 heterocycles. The summed E-state index contributed by atoms with van der Waals surface area (Å²) in [5.74, 6) is -1.05. The molecule has 0 fully saturated rings. The first-order valence-corrected chi connectivity index (χ1v) is 8.10. The van der Waals surface area contributed by atoms with Crippen molar-refractivity contribution in [1.82, 2.24) is 0 Å². The van der Waals surface area contributed by atoms with Crippen molar-refractivity contribution in [1.29, 1.82) is 0 Å². The van der Waals surface area contributed by atoms with Gasteiger partial charge in [0.25, 0.3) is 0 Å². The van der Waals surface area contributed by atoms with Gasteiger partial charge in [0.15, 0.2) is 0 Å². The quantitative estimate of drug-likeness (QED) is 0.539. The zero-order valence-electron chi connectivity index (χ0n) is 14.2. The molecule has 0 radical (unpaired) electrons. The molecule has 23 heavy (non-hydrogen) atoms. The molecule has 1 aromatic carbocycles. The van der Waals surface area contributed by atoms with E-state index in [1.165, 1.54) is 69.9 Å². The molecular formula is C18H29NO4. The number of carboxylic acids is 1. The average Bonchev–Trinajstić information content (AvgIpc) is 2.54. The zero-order valence-corrected chi connectivity index (χ0v) is 14.2. The second kappa shape index (κ2) is 13.6. The van der Waals surface area contributed by atoms with Gasteiger partial charge in [-0.05, 0) is 30.5 Å². The Morgan fingerprint density at radius 2 is 1.91 bits per heavy atom. The number of hydrogen-bond donors (Lipinski definition) is 2. The standard InChI is InChI=1S/C10H10O4.C8H19N/c1-14-9-6-7(2-4-8(9)11)3-5-10(12)13;1-2-3-4-5-6-7-8-9/h2-6,11H,1H3,(H,12,13);2-9H2,1H3/b5-3+;. The van der Waals surface area contributed by atoms with Crippen LogP contribution in [-0.2, 0) is 4.79 Å². The predicted molar refractivity (Wildman–Crippen MR) is 90.2 cm³/mol. The number of hydrogen-bond acceptors (Lipinski definition) is 3. The first-order chi connectivity index (χ1) is 11.0. The van der Waals surface area contributed by atoms with Crippen molar-refractivity contribution in [2.45, 2.75) is 45.4 Å². The zero-order chi connectivity index (χ0) is 17.5. The summed E-state index contributed by atoms with van der Waals surface area (Å²) in [5.41, 5.74) is 4.42. The Hall–Kier alpha value is -2.01. The third kappa shape index (κ3) is 11.2. The van der Waals surface area contributed by atoms with Crippen molar-refractivity contribution >= 4 is 12.0 Å². The highest BCUT2D eigenvalue weighted by molar-refractivity contribution is 5.85. The molecule has 0 spiro atoms. The van der Waals surface area contributed by atoms with Gasteiger partial charge in [0.05, 0.1) is 13.7 Å². The summed E-state index contributed by atoms with van der Waals surface area (Å²) < 4.78 is 4.80. The fourth-order valence-corrected chi connectivity index (χ4v) is 1.91. The summed E-state index contributed by atoms with van der Waals surface area (Å²) in [5, 5.41) is 19.5. The van der Waals surface area contributed by atoms with Crippen LogP contribution in [0, 0.1) is 0 Å². The van der Waals surface area contributed by atoms with E-state index in [0.717, 1.165) is 12.6 Å². The van der Waals surface area contributed by atoms with E-state index >= 15 is 0 Å². The number of benzene rings is 1. The highest BCUT2D eigenvalue weighted by Crippen LogP contribution is 2.24. The number of carboxylic acid groups (broad SMARTS) is 1. The number of methoxy groups -OCH3 is 1. The molecule has 0 aliphatic heterocycles. The monoisotopic (exact) mass is 323 g/mol. The number of carbonyl (C=O) groups is 1. The molecule has 0 unspecified atom stereocenters. The lowest BCUT2D eigenvalue weighted by Crippen LogP contribution is -2.50. The second-order valence-electron chi connectivity index (χ2n) is 5.20. The van der Waals surface area contributed by atoms with E-state index in [1.807, 2.05) is 0 Å². The van der Waals surface area contributed by atoms with Crippen LogP contribution < -0.4 is 15.6 Å². The van der Waals surface area contributed by atoms with E-state index in [2.05, 4.69) is 12.7 Å². The summed E-state index contributed by atoms with van der Waals surface area (Å²) in [6.45, 7) is 3.37. The average molecular weight is 323 g/mol. The molecule has 0 saturated heterocycles. The van der Waals surface area contributed by atoms with Gasteiger partial charge < -0.3 is 20.7 Å². The third-order valence-corrected chi connectivity index (χ3v) is 3.21. The van der Waals surface area contributed by atoms with E-state index in [4.69, 9.17) is 9.84 Å². The lowest BCUT2D eigenvalue weighted by atomic mass is 10.1. The Morgan fingerprint density at radius 1 is 1.26 bits per heavy atom. The number of rotatable bonds is 9. The number of unbranched alkanes of at least 4 members (excludes halogenated alkanes) is 5. The maximum atomic E-state index is 11.1. The molecule has 0 bridgehead atoms. The topological polar surface area (TPSA) is 97.2 Å². The molecule has 4 N–H and O–H groups in total. The van der Waals surface area contributed by atoms with E-state index in [0.29, 0.717) is 5.56 Å². The van der Waals surface area contributed by atoms with Gasteiger partial charge in [-0.25, -0.2) is 4.79 Å². The first kappa shape index (κ1) is 21.0. The summed E-state index contributed by atoms with van der Waals surface area (Å²) >= 11 is 0. The Morgan fingerprint density at radius 3 is 2.48 bits per heavy atom. The minimum Gasteiger partial charge on any atom is -0.870 e. The van der Waals surface area contributed by atoms with Gasteiger partial charge >= 0.3 is 5.97 Å². The van der Waals surface area contributed by atoms with Crippen LogP contribution in [0.2, 0.25) is 0 Å². The van der Waals surface area contributed by atoms with E-state index in [9.17, 15) is 9.90 Å².